The first-order valence-corrected chi connectivity index (χ1v) is 4.64. The van der Waals surface area contributed by atoms with Gasteiger partial charge in [0, 0.05) is 0 Å². The summed E-state index contributed by atoms with van der Waals surface area (Å²) in [6.07, 6.45) is 1.42. The Morgan fingerprint density at radius 2 is 2.00 bits per heavy atom. The molecule has 80 valence electrons. The molecule has 0 heterocycles. The normalized spacial score (nSPS) is 10.9. The Bertz CT molecular complexity index is 341. The number of carbonyl (C=O) groups is 1. The third-order valence-electron chi connectivity index (χ3n) is 1.86. The van der Waals surface area contributed by atoms with Gasteiger partial charge in [0.15, 0.2) is 0 Å². The quantitative estimate of drug-likeness (QED) is 0.430. The molecule has 0 fully saturated rings. The Morgan fingerprint density at radius 1 is 1.33 bits per heavy atom. The predicted molar refractivity (Wildman–Crippen MR) is 57.0 cm³/mol. The molecule has 0 radical (unpaired) electrons. The molecule has 0 bridgehead atoms. The summed E-state index contributed by atoms with van der Waals surface area (Å²) >= 11 is 0. The summed E-state index contributed by atoms with van der Waals surface area (Å²) in [5, 5.41) is 0. The van der Waals surface area contributed by atoms with E-state index < -0.39 is 0 Å². The van der Waals surface area contributed by atoms with Crippen molar-refractivity contribution in [3.8, 4) is 0 Å². The number of carbonyl (C=O) groups excluding carboxylic acids is 1. The van der Waals surface area contributed by atoms with E-state index in [0.29, 0.717) is 12.2 Å². The molecule has 3 heteroatoms. The van der Waals surface area contributed by atoms with Crippen LogP contribution in [0.4, 0.5) is 0 Å². The van der Waals surface area contributed by atoms with Gasteiger partial charge in [0.25, 0.3) is 0 Å². The molecule has 0 saturated carbocycles. The topological polar surface area (TPSA) is 35.5 Å². The number of benzene rings is 1. The van der Waals surface area contributed by atoms with Gasteiger partial charge in [-0.25, -0.2) is 4.79 Å². The van der Waals surface area contributed by atoms with E-state index in [-0.39, 0.29) is 5.97 Å². The minimum Gasteiger partial charge on any atom is -0.496 e. The summed E-state index contributed by atoms with van der Waals surface area (Å²) in [6.45, 7) is 2.10. The molecular weight excluding hydrogens is 192 g/mol. The monoisotopic (exact) mass is 206 g/mol. The summed E-state index contributed by atoms with van der Waals surface area (Å²) in [5.74, 6) is -0.372. The molecule has 0 aliphatic carbocycles. The highest BCUT2D eigenvalue weighted by atomic mass is 16.5. The first-order chi connectivity index (χ1) is 7.24. The highest BCUT2D eigenvalue weighted by molar-refractivity contribution is 5.87. The van der Waals surface area contributed by atoms with Crippen molar-refractivity contribution in [1.29, 1.82) is 0 Å². The minimum absolute atomic E-state index is 0.372. The van der Waals surface area contributed by atoms with Crippen molar-refractivity contribution in [2.75, 3.05) is 7.11 Å². The average molecular weight is 206 g/mol. The summed E-state index contributed by atoms with van der Waals surface area (Å²) in [4.78, 5) is 11.0. The highest BCUT2D eigenvalue weighted by Gasteiger charge is 2.02. The molecule has 1 aromatic carbocycles. The smallest absolute Gasteiger partial charge is 0.336 e. The number of methoxy groups -OCH3 is 1. The number of hydrogen-bond acceptors (Lipinski definition) is 3. The van der Waals surface area contributed by atoms with Gasteiger partial charge in [-0.15, -0.1) is 0 Å². The van der Waals surface area contributed by atoms with Crippen LogP contribution in [0.15, 0.2) is 42.2 Å². The fraction of sp³-hybridized carbons (Fsp3) is 0.250. The molecule has 0 atom stereocenters. The van der Waals surface area contributed by atoms with Crippen molar-refractivity contribution in [2.45, 2.75) is 13.5 Å². The molecule has 1 rings (SSSR count). The third-order valence-corrected chi connectivity index (χ3v) is 1.86. The van der Waals surface area contributed by atoms with E-state index in [4.69, 9.17) is 4.74 Å². The lowest BCUT2D eigenvalue weighted by Crippen LogP contribution is -2.02. The van der Waals surface area contributed by atoms with Gasteiger partial charge in [0.2, 0.25) is 0 Å². The molecule has 0 aromatic heterocycles. The summed E-state index contributed by atoms with van der Waals surface area (Å²) in [5.41, 5.74) is 1.51. The lowest BCUT2D eigenvalue weighted by Gasteiger charge is -2.02. The second-order valence-corrected chi connectivity index (χ2v) is 3.09. The molecule has 0 aliphatic heterocycles. The second-order valence-electron chi connectivity index (χ2n) is 3.09. The lowest BCUT2D eigenvalue weighted by molar-refractivity contribution is -0.136. The van der Waals surface area contributed by atoms with Crippen LogP contribution in [0.1, 0.15) is 12.5 Å². The van der Waals surface area contributed by atoms with Gasteiger partial charge in [-0.1, -0.05) is 30.3 Å². The number of esters is 1. The zero-order valence-corrected chi connectivity index (χ0v) is 8.90. The fourth-order valence-electron chi connectivity index (χ4n) is 1.05. The molecule has 0 saturated heterocycles. The van der Waals surface area contributed by atoms with Gasteiger partial charge in [0.1, 0.15) is 6.61 Å². The predicted octanol–water partition coefficient (Wildman–Crippen LogP) is 2.28. The molecule has 0 amide bonds. The van der Waals surface area contributed by atoms with Gasteiger partial charge >= 0.3 is 5.97 Å². The summed E-state index contributed by atoms with van der Waals surface area (Å²) in [6, 6.07) is 9.74. The van der Waals surface area contributed by atoms with E-state index in [1.54, 1.807) is 6.92 Å². The highest BCUT2D eigenvalue weighted by Crippen LogP contribution is 2.03. The number of rotatable bonds is 4. The van der Waals surface area contributed by atoms with Crippen LogP contribution in [-0.4, -0.2) is 13.1 Å². The van der Waals surface area contributed by atoms with Crippen molar-refractivity contribution in [1.82, 2.24) is 0 Å². The molecule has 0 aliphatic rings. The van der Waals surface area contributed by atoms with Crippen molar-refractivity contribution < 1.29 is 14.3 Å². The Hall–Kier alpha value is -1.77. The Balaban J connectivity index is 2.42. The van der Waals surface area contributed by atoms with Crippen LogP contribution in [-0.2, 0) is 20.9 Å². The molecule has 0 N–H and O–H groups in total. The molecule has 0 unspecified atom stereocenters. The Kier molecular flexibility index (Phi) is 4.41. The van der Waals surface area contributed by atoms with Gasteiger partial charge in [0.05, 0.1) is 18.9 Å². The SMILES string of the molecule is COC(=O)C(C)=COCc1ccccc1. The first-order valence-electron chi connectivity index (χ1n) is 4.64. The van der Waals surface area contributed by atoms with Gasteiger partial charge in [-0.3, -0.25) is 0 Å². The Labute approximate surface area is 89.3 Å². The van der Waals surface area contributed by atoms with Crippen LogP contribution < -0.4 is 0 Å². The molecule has 1 aromatic rings. The van der Waals surface area contributed by atoms with E-state index in [1.807, 2.05) is 30.3 Å². The van der Waals surface area contributed by atoms with Crippen LogP contribution >= 0.6 is 0 Å². The molecular formula is C12H14O3. The van der Waals surface area contributed by atoms with E-state index in [1.165, 1.54) is 13.4 Å². The summed E-state index contributed by atoms with van der Waals surface area (Å²) < 4.78 is 9.77. The maximum atomic E-state index is 11.0. The maximum absolute atomic E-state index is 11.0. The Morgan fingerprint density at radius 3 is 2.60 bits per heavy atom. The zero-order chi connectivity index (χ0) is 11.1. The van der Waals surface area contributed by atoms with Crippen LogP contribution in [0.3, 0.4) is 0 Å². The standard InChI is InChI=1S/C12H14O3/c1-10(12(13)14-2)8-15-9-11-6-4-3-5-7-11/h3-8H,9H2,1-2H3. The van der Waals surface area contributed by atoms with E-state index in [2.05, 4.69) is 4.74 Å². The average Bonchev–Trinajstić information content (AvgIpc) is 2.29. The largest absolute Gasteiger partial charge is 0.496 e. The minimum atomic E-state index is -0.372. The second kappa shape index (κ2) is 5.86. The van der Waals surface area contributed by atoms with Crippen molar-refractivity contribution in [3.05, 3.63) is 47.7 Å². The van der Waals surface area contributed by atoms with Gasteiger partial charge < -0.3 is 9.47 Å². The van der Waals surface area contributed by atoms with E-state index >= 15 is 0 Å². The number of ether oxygens (including phenoxy) is 2. The van der Waals surface area contributed by atoms with Gasteiger partial charge in [-0.05, 0) is 12.5 Å². The van der Waals surface area contributed by atoms with Crippen LogP contribution in [0.5, 0.6) is 0 Å². The maximum Gasteiger partial charge on any atom is 0.336 e. The van der Waals surface area contributed by atoms with Crippen LogP contribution in [0.25, 0.3) is 0 Å². The van der Waals surface area contributed by atoms with E-state index in [0.717, 1.165) is 5.56 Å². The zero-order valence-electron chi connectivity index (χ0n) is 8.90. The molecule has 15 heavy (non-hydrogen) atoms. The van der Waals surface area contributed by atoms with Crippen molar-refractivity contribution >= 4 is 5.97 Å². The lowest BCUT2D eigenvalue weighted by atomic mass is 10.2. The van der Waals surface area contributed by atoms with Crippen LogP contribution in [0.2, 0.25) is 0 Å². The number of hydrogen-bond donors (Lipinski definition) is 0. The van der Waals surface area contributed by atoms with Crippen molar-refractivity contribution in [2.24, 2.45) is 0 Å². The summed E-state index contributed by atoms with van der Waals surface area (Å²) in [7, 11) is 1.34. The first kappa shape index (κ1) is 11.3. The fourth-order valence-corrected chi connectivity index (χ4v) is 1.05. The third kappa shape index (κ3) is 3.85. The molecule has 3 nitrogen and oxygen atoms in total. The van der Waals surface area contributed by atoms with Crippen LogP contribution in [0, 0.1) is 0 Å². The van der Waals surface area contributed by atoms with E-state index in [9.17, 15) is 4.79 Å². The molecule has 0 spiro atoms. The van der Waals surface area contributed by atoms with Gasteiger partial charge in [-0.2, -0.15) is 0 Å². The van der Waals surface area contributed by atoms with Crippen molar-refractivity contribution in [3.63, 3.8) is 0 Å².